The van der Waals surface area contributed by atoms with Gasteiger partial charge in [-0.1, -0.05) is 11.6 Å². The number of ether oxygens (including phenoxy) is 2. The second-order valence-electron chi connectivity index (χ2n) is 5.88. The second-order valence-corrected chi connectivity index (χ2v) is 6.29. The van der Waals surface area contributed by atoms with Crippen molar-refractivity contribution in [1.82, 2.24) is 9.55 Å². The molecule has 0 atom stereocenters. The summed E-state index contributed by atoms with van der Waals surface area (Å²) in [5.74, 6) is -0.701. The molecule has 0 radical (unpaired) electrons. The molecule has 0 amide bonds. The quantitative estimate of drug-likeness (QED) is 0.600. The van der Waals surface area contributed by atoms with Crippen molar-refractivity contribution in [3.8, 4) is 23.4 Å². The number of aromatic nitrogens is 2. The van der Waals surface area contributed by atoms with E-state index >= 15 is 0 Å². The van der Waals surface area contributed by atoms with E-state index in [4.69, 9.17) is 32.1 Å². The van der Waals surface area contributed by atoms with E-state index < -0.39 is 17.7 Å². The molecular formula is C19H12ClF3N4O3. The average molecular weight is 437 g/mol. The zero-order valence-corrected chi connectivity index (χ0v) is 16.0. The second kappa shape index (κ2) is 7.96. The molecule has 0 spiro atoms. The Morgan fingerprint density at radius 1 is 1.30 bits per heavy atom. The lowest BCUT2D eigenvalue weighted by Gasteiger charge is -2.11. The first-order valence-electron chi connectivity index (χ1n) is 8.16. The molecule has 30 heavy (non-hydrogen) atoms. The van der Waals surface area contributed by atoms with Crippen LogP contribution in [0, 0.1) is 11.3 Å². The smallest absolute Gasteiger partial charge is 0.417 e. The molecule has 0 saturated carbocycles. The lowest BCUT2D eigenvalue weighted by molar-refractivity contribution is -0.137. The molecule has 0 aliphatic heterocycles. The summed E-state index contributed by atoms with van der Waals surface area (Å²) < 4.78 is 49.6. The van der Waals surface area contributed by atoms with E-state index in [1.165, 1.54) is 30.0 Å². The number of nitriles is 1. The fraction of sp³-hybridized carbons (Fsp3) is 0.105. The highest BCUT2D eigenvalue weighted by molar-refractivity contribution is 6.31. The van der Waals surface area contributed by atoms with Crippen molar-refractivity contribution in [2.24, 2.45) is 0 Å². The Morgan fingerprint density at radius 3 is 2.50 bits per heavy atom. The minimum absolute atomic E-state index is 0.0184. The van der Waals surface area contributed by atoms with Gasteiger partial charge in [-0.15, -0.1) is 0 Å². The number of hydrogen-bond donors (Lipinski definition) is 1. The number of hydrogen-bond acceptors (Lipinski definition) is 6. The molecule has 0 bridgehead atoms. The number of carbonyl (C=O) groups excluding carboxylic acids is 1. The molecule has 0 unspecified atom stereocenters. The molecule has 7 nitrogen and oxygen atoms in total. The summed E-state index contributed by atoms with van der Waals surface area (Å²) in [4.78, 5) is 15.6. The van der Waals surface area contributed by atoms with Gasteiger partial charge in [-0.3, -0.25) is 0 Å². The molecule has 1 aromatic carbocycles. The van der Waals surface area contributed by atoms with Gasteiger partial charge in [0, 0.05) is 18.1 Å². The fourth-order valence-electron chi connectivity index (χ4n) is 2.56. The van der Waals surface area contributed by atoms with E-state index in [2.05, 4.69) is 4.98 Å². The van der Waals surface area contributed by atoms with Gasteiger partial charge >= 0.3 is 12.1 Å². The first-order valence-corrected chi connectivity index (χ1v) is 8.53. The molecular weight excluding hydrogens is 425 g/mol. The number of nitrogens with two attached hydrogens (primary N) is 1. The number of carbonyl (C=O) groups is 1. The normalized spacial score (nSPS) is 11.1. The van der Waals surface area contributed by atoms with E-state index in [1.807, 2.05) is 6.07 Å². The van der Waals surface area contributed by atoms with Crippen molar-refractivity contribution in [2.75, 3.05) is 12.8 Å². The molecule has 2 heterocycles. The van der Waals surface area contributed by atoms with E-state index in [9.17, 15) is 18.0 Å². The maximum atomic E-state index is 12.7. The highest BCUT2D eigenvalue weighted by Gasteiger charge is 2.31. The predicted molar refractivity (Wildman–Crippen MR) is 101 cm³/mol. The summed E-state index contributed by atoms with van der Waals surface area (Å²) in [5, 5.41) is 8.85. The minimum atomic E-state index is -4.57. The molecule has 0 fully saturated rings. The SMILES string of the molecule is COC(=O)c1c(N)c(C#N)cn1-c1ccc(Oc2ncc(C(F)(F)F)cc2Cl)cc1. The molecule has 3 aromatic rings. The lowest BCUT2D eigenvalue weighted by Crippen LogP contribution is -2.11. The van der Waals surface area contributed by atoms with Gasteiger partial charge in [0.05, 0.1) is 23.9 Å². The number of benzene rings is 1. The maximum absolute atomic E-state index is 12.7. The third-order valence-electron chi connectivity index (χ3n) is 4.01. The van der Waals surface area contributed by atoms with Crippen molar-refractivity contribution in [3.63, 3.8) is 0 Å². The summed E-state index contributed by atoms with van der Waals surface area (Å²) in [6.45, 7) is 0. The molecule has 3 rings (SSSR count). The predicted octanol–water partition coefficient (Wildman–Crippen LogP) is 4.58. The van der Waals surface area contributed by atoms with Gasteiger partial charge in [0.2, 0.25) is 5.88 Å². The van der Waals surface area contributed by atoms with E-state index in [0.29, 0.717) is 18.0 Å². The van der Waals surface area contributed by atoms with Gasteiger partial charge in [-0.25, -0.2) is 9.78 Å². The number of methoxy groups -OCH3 is 1. The summed E-state index contributed by atoms with van der Waals surface area (Å²) in [7, 11) is 1.18. The minimum Gasteiger partial charge on any atom is -0.464 e. The van der Waals surface area contributed by atoms with Crippen molar-refractivity contribution >= 4 is 23.3 Å². The number of rotatable bonds is 4. The van der Waals surface area contributed by atoms with Crippen LogP contribution >= 0.6 is 11.6 Å². The molecule has 0 aliphatic rings. The van der Waals surface area contributed by atoms with Gasteiger partial charge in [0.25, 0.3) is 0 Å². The summed E-state index contributed by atoms with van der Waals surface area (Å²) in [5.41, 5.74) is 5.37. The van der Waals surface area contributed by atoms with Gasteiger partial charge in [0.1, 0.15) is 16.8 Å². The topological polar surface area (TPSA) is 103 Å². The zero-order chi connectivity index (χ0) is 22.1. The Bertz CT molecular complexity index is 1150. The van der Waals surface area contributed by atoms with Crippen LogP contribution in [0.25, 0.3) is 5.69 Å². The summed E-state index contributed by atoms with van der Waals surface area (Å²) in [6, 6.07) is 8.65. The van der Waals surface area contributed by atoms with Crippen LogP contribution in [0.1, 0.15) is 21.6 Å². The van der Waals surface area contributed by atoms with Crippen LogP contribution in [0.4, 0.5) is 18.9 Å². The number of nitrogens with zero attached hydrogens (tertiary/aromatic N) is 3. The van der Waals surface area contributed by atoms with Gasteiger partial charge < -0.3 is 19.8 Å². The number of alkyl halides is 3. The number of nitrogen functional groups attached to an aromatic ring is 1. The highest BCUT2D eigenvalue weighted by atomic mass is 35.5. The Labute approximate surface area is 173 Å². The Balaban J connectivity index is 1.90. The van der Waals surface area contributed by atoms with Gasteiger partial charge in [0.15, 0.2) is 5.69 Å². The molecule has 2 N–H and O–H groups in total. The van der Waals surface area contributed by atoms with Crippen LogP contribution in [0.3, 0.4) is 0 Å². The highest BCUT2D eigenvalue weighted by Crippen LogP contribution is 2.35. The van der Waals surface area contributed by atoms with Crippen LogP contribution in [0.2, 0.25) is 5.02 Å². The van der Waals surface area contributed by atoms with Crippen molar-refractivity contribution < 1.29 is 27.4 Å². The monoisotopic (exact) mass is 436 g/mol. The van der Waals surface area contributed by atoms with Crippen molar-refractivity contribution in [1.29, 1.82) is 5.26 Å². The standard InChI is InChI=1S/C19H12ClF3N4O3/c1-29-18(28)16-15(25)10(7-24)9-27(16)12-2-4-13(5-3-12)30-17-14(20)6-11(8-26-17)19(21,22)23/h2-6,8-9H,25H2,1H3. The van der Waals surface area contributed by atoms with E-state index in [1.54, 1.807) is 12.1 Å². The molecule has 0 aliphatic carbocycles. The van der Waals surface area contributed by atoms with E-state index in [0.717, 1.165) is 0 Å². The molecule has 11 heteroatoms. The zero-order valence-electron chi connectivity index (χ0n) is 15.2. The third kappa shape index (κ3) is 4.01. The lowest BCUT2D eigenvalue weighted by atomic mass is 10.2. The maximum Gasteiger partial charge on any atom is 0.417 e. The van der Waals surface area contributed by atoms with E-state index in [-0.39, 0.29) is 33.6 Å². The van der Waals surface area contributed by atoms with Crippen LogP contribution < -0.4 is 10.5 Å². The Morgan fingerprint density at radius 2 is 1.97 bits per heavy atom. The summed E-state index contributed by atoms with van der Waals surface area (Å²) in [6.07, 6.45) is -2.58. The largest absolute Gasteiger partial charge is 0.464 e. The number of pyridine rings is 1. The first-order chi connectivity index (χ1) is 14.2. The van der Waals surface area contributed by atoms with Crippen LogP contribution in [0.5, 0.6) is 11.6 Å². The van der Waals surface area contributed by atoms with Crippen molar-refractivity contribution in [3.05, 3.63) is 64.6 Å². The molecule has 0 saturated heterocycles. The average Bonchev–Trinajstić information content (AvgIpc) is 3.05. The van der Waals surface area contributed by atoms with Gasteiger partial charge in [-0.05, 0) is 30.3 Å². The first kappa shape index (κ1) is 21.0. The van der Waals surface area contributed by atoms with Crippen LogP contribution in [-0.2, 0) is 10.9 Å². The molecule has 2 aromatic heterocycles. The fourth-order valence-corrected chi connectivity index (χ4v) is 2.77. The number of anilines is 1. The number of halogens is 4. The Kier molecular flexibility index (Phi) is 5.58. The summed E-state index contributed by atoms with van der Waals surface area (Å²) >= 11 is 5.83. The van der Waals surface area contributed by atoms with Gasteiger partial charge in [-0.2, -0.15) is 18.4 Å². The van der Waals surface area contributed by atoms with Crippen molar-refractivity contribution in [2.45, 2.75) is 6.18 Å². The van der Waals surface area contributed by atoms with Crippen LogP contribution in [-0.4, -0.2) is 22.6 Å². The third-order valence-corrected chi connectivity index (χ3v) is 4.28. The Hall–Kier alpha value is -3.71. The molecule has 154 valence electrons. The van der Waals surface area contributed by atoms with Crippen LogP contribution in [0.15, 0.2) is 42.7 Å². The number of esters is 1.